The minimum Gasteiger partial charge on any atom is -0.488 e. The Hall–Kier alpha value is -4.47. The van der Waals surface area contributed by atoms with Crippen LogP contribution in [-0.4, -0.2) is 70.7 Å². The van der Waals surface area contributed by atoms with Crippen LogP contribution >= 0.6 is 0 Å². The highest BCUT2D eigenvalue weighted by atomic mass is 16.5. The molecule has 3 N–H and O–H groups in total. The van der Waals surface area contributed by atoms with E-state index >= 15 is 0 Å². The van der Waals surface area contributed by atoms with Crippen molar-refractivity contribution in [1.29, 1.82) is 0 Å². The number of anilines is 2. The summed E-state index contributed by atoms with van der Waals surface area (Å²) in [7, 11) is 2.05. The second-order valence-corrected chi connectivity index (χ2v) is 11.4. The van der Waals surface area contributed by atoms with Gasteiger partial charge >= 0.3 is 6.03 Å². The van der Waals surface area contributed by atoms with Crippen molar-refractivity contribution in [3.05, 3.63) is 96.3 Å². The van der Waals surface area contributed by atoms with E-state index in [2.05, 4.69) is 27.4 Å². The highest BCUT2D eigenvalue weighted by molar-refractivity contribution is 6.06. The van der Waals surface area contributed by atoms with E-state index in [-0.39, 0.29) is 43.0 Å². The molecule has 1 aliphatic rings. The lowest BCUT2D eigenvalue weighted by Gasteiger charge is -2.34. The van der Waals surface area contributed by atoms with Crippen LogP contribution in [0.15, 0.2) is 85.2 Å². The van der Waals surface area contributed by atoms with Gasteiger partial charge in [0.1, 0.15) is 11.9 Å². The zero-order valence-corrected chi connectivity index (χ0v) is 24.9. The van der Waals surface area contributed by atoms with Crippen LogP contribution in [-0.2, 0) is 17.8 Å². The molecular formula is C34H39N5O4. The topological polar surface area (TPSA) is 107 Å². The van der Waals surface area contributed by atoms with Crippen LogP contribution in [0.2, 0.25) is 0 Å². The number of nitrogens with zero attached hydrogens (tertiary/aromatic N) is 3. The Morgan fingerprint density at radius 1 is 1.09 bits per heavy atom. The number of aliphatic hydroxyl groups is 1. The number of likely N-dealkylation sites (N-methyl/N-ethyl adjacent to an activating group) is 1. The first kappa shape index (κ1) is 30.0. The van der Waals surface area contributed by atoms with Crippen LogP contribution in [0.1, 0.15) is 25.0 Å². The lowest BCUT2D eigenvalue weighted by atomic mass is 10.0. The van der Waals surface area contributed by atoms with Gasteiger partial charge in [-0.05, 0) is 61.3 Å². The van der Waals surface area contributed by atoms with Gasteiger partial charge in [0.25, 0.3) is 0 Å². The minimum atomic E-state index is -0.383. The van der Waals surface area contributed by atoms with E-state index in [9.17, 15) is 14.7 Å². The molecule has 4 aromatic rings. The molecule has 5 rings (SSSR count). The molecule has 0 radical (unpaired) electrons. The van der Waals surface area contributed by atoms with Crippen molar-refractivity contribution >= 4 is 34.1 Å². The van der Waals surface area contributed by atoms with Crippen molar-refractivity contribution < 1.29 is 19.4 Å². The van der Waals surface area contributed by atoms with E-state index in [1.807, 2.05) is 74.6 Å². The summed E-state index contributed by atoms with van der Waals surface area (Å²) >= 11 is 0. The van der Waals surface area contributed by atoms with Gasteiger partial charge in [-0.15, -0.1) is 0 Å². The zero-order chi connectivity index (χ0) is 30.3. The molecule has 2 heterocycles. The van der Waals surface area contributed by atoms with Crippen LogP contribution in [0.5, 0.6) is 5.75 Å². The summed E-state index contributed by atoms with van der Waals surface area (Å²) in [5, 5.41) is 17.8. The molecule has 9 nitrogen and oxygen atoms in total. The Morgan fingerprint density at radius 3 is 2.65 bits per heavy atom. The van der Waals surface area contributed by atoms with E-state index in [0.29, 0.717) is 35.8 Å². The van der Waals surface area contributed by atoms with Gasteiger partial charge in [-0.25, -0.2) is 4.79 Å². The van der Waals surface area contributed by atoms with Crippen molar-refractivity contribution in [2.24, 2.45) is 5.92 Å². The molecule has 3 atom stereocenters. The predicted molar refractivity (Wildman–Crippen MR) is 169 cm³/mol. The fourth-order valence-corrected chi connectivity index (χ4v) is 5.52. The number of nitrogens with one attached hydrogen (secondary N) is 2. The molecule has 3 aromatic carbocycles. The Kier molecular flexibility index (Phi) is 9.54. The van der Waals surface area contributed by atoms with E-state index < -0.39 is 0 Å². The number of benzene rings is 3. The molecule has 0 aliphatic carbocycles. The van der Waals surface area contributed by atoms with Crippen molar-refractivity contribution in [2.45, 2.75) is 39.0 Å². The average molecular weight is 582 g/mol. The van der Waals surface area contributed by atoms with Crippen LogP contribution in [0.3, 0.4) is 0 Å². The molecule has 3 amide bonds. The highest BCUT2D eigenvalue weighted by Gasteiger charge is 2.31. The standard InChI is InChI=1S/C34H39N5O4/c1-23-19-39(24(2)22-40)33(41)18-27-17-28(36-34(42)37-30-10-6-8-26-7-4-5-9-29(26)30)11-12-31(27)43-32(23)21-38(3)20-25-13-15-35-16-14-25/h4-17,23-24,32,40H,18-22H2,1-3H3,(H2,36,37,42)/t23-,24+,32?/m1/s1. The third-order valence-electron chi connectivity index (χ3n) is 7.91. The molecule has 0 saturated carbocycles. The number of urea groups is 1. The number of pyridine rings is 1. The Balaban J connectivity index is 1.37. The quantitative estimate of drug-likeness (QED) is 0.265. The lowest BCUT2D eigenvalue weighted by molar-refractivity contribution is -0.134. The largest absolute Gasteiger partial charge is 0.488 e. The van der Waals surface area contributed by atoms with E-state index in [1.54, 1.807) is 29.4 Å². The van der Waals surface area contributed by atoms with Gasteiger partial charge in [-0.3, -0.25) is 14.7 Å². The van der Waals surface area contributed by atoms with Gasteiger partial charge in [0.05, 0.1) is 24.8 Å². The fourth-order valence-electron chi connectivity index (χ4n) is 5.52. The smallest absolute Gasteiger partial charge is 0.323 e. The van der Waals surface area contributed by atoms with E-state index in [4.69, 9.17) is 4.74 Å². The SMILES string of the molecule is C[C@@H]1CN([C@@H](C)CO)C(=O)Cc2cc(NC(=O)Nc3cccc4ccccc34)ccc2OC1CN(C)Cc1ccncc1. The summed E-state index contributed by atoms with van der Waals surface area (Å²) in [5.41, 5.74) is 3.09. The van der Waals surface area contributed by atoms with Crippen molar-refractivity contribution in [3.8, 4) is 5.75 Å². The number of carbonyl (C=O) groups is 2. The first-order valence-electron chi connectivity index (χ1n) is 14.6. The maximum Gasteiger partial charge on any atom is 0.323 e. The number of hydrogen-bond donors (Lipinski definition) is 3. The summed E-state index contributed by atoms with van der Waals surface area (Å²) < 4.78 is 6.63. The van der Waals surface area contributed by atoms with Gasteiger partial charge in [0, 0.05) is 54.6 Å². The normalized spacial score (nSPS) is 17.8. The van der Waals surface area contributed by atoms with Gasteiger partial charge in [0.15, 0.2) is 0 Å². The molecule has 0 saturated heterocycles. The number of fused-ring (bicyclic) bond motifs is 2. The number of rotatable bonds is 8. The van der Waals surface area contributed by atoms with Gasteiger partial charge in [-0.2, -0.15) is 0 Å². The minimum absolute atomic E-state index is 0.00642. The second-order valence-electron chi connectivity index (χ2n) is 11.4. The molecule has 43 heavy (non-hydrogen) atoms. The van der Waals surface area contributed by atoms with Crippen LogP contribution in [0.4, 0.5) is 16.2 Å². The van der Waals surface area contributed by atoms with Crippen LogP contribution in [0.25, 0.3) is 10.8 Å². The van der Waals surface area contributed by atoms with Crippen molar-refractivity contribution in [2.75, 3.05) is 37.4 Å². The molecule has 0 bridgehead atoms. The average Bonchev–Trinajstić information content (AvgIpc) is 3.04. The fraction of sp³-hybridized carbons (Fsp3) is 0.324. The van der Waals surface area contributed by atoms with Gasteiger partial charge in [0.2, 0.25) is 5.91 Å². The van der Waals surface area contributed by atoms with E-state index in [0.717, 1.165) is 22.9 Å². The molecule has 1 aliphatic heterocycles. The number of aliphatic hydroxyl groups excluding tert-OH is 1. The number of ether oxygens (including phenoxy) is 1. The third kappa shape index (κ3) is 7.49. The highest BCUT2D eigenvalue weighted by Crippen LogP contribution is 2.30. The third-order valence-corrected chi connectivity index (χ3v) is 7.91. The zero-order valence-electron chi connectivity index (χ0n) is 24.9. The summed E-state index contributed by atoms with van der Waals surface area (Å²) in [6.45, 7) is 5.62. The Labute approximate surface area is 252 Å². The van der Waals surface area contributed by atoms with Crippen molar-refractivity contribution in [3.63, 3.8) is 0 Å². The maximum absolute atomic E-state index is 13.5. The Morgan fingerprint density at radius 2 is 1.86 bits per heavy atom. The number of hydrogen-bond acceptors (Lipinski definition) is 6. The molecule has 0 fully saturated rings. The molecule has 1 unspecified atom stereocenters. The second kappa shape index (κ2) is 13.7. The maximum atomic E-state index is 13.5. The predicted octanol–water partition coefficient (Wildman–Crippen LogP) is 5.16. The first-order valence-corrected chi connectivity index (χ1v) is 14.6. The summed E-state index contributed by atoms with van der Waals surface area (Å²) in [4.78, 5) is 34.6. The molecule has 1 aromatic heterocycles. The van der Waals surface area contributed by atoms with E-state index in [1.165, 1.54) is 0 Å². The summed E-state index contributed by atoms with van der Waals surface area (Å²) in [5.74, 6) is 0.510. The monoisotopic (exact) mass is 581 g/mol. The lowest BCUT2D eigenvalue weighted by Crippen LogP contribution is -2.47. The van der Waals surface area contributed by atoms with Crippen molar-refractivity contribution in [1.82, 2.24) is 14.8 Å². The first-order chi connectivity index (χ1) is 20.8. The Bertz CT molecular complexity index is 1560. The molecule has 9 heteroatoms. The number of aromatic nitrogens is 1. The van der Waals surface area contributed by atoms with Gasteiger partial charge in [-0.1, -0.05) is 43.3 Å². The number of carbonyl (C=O) groups excluding carboxylic acids is 2. The molecular weight excluding hydrogens is 542 g/mol. The van der Waals surface area contributed by atoms with Crippen LogP contribution in [0, 0.1) is 5.92 Å². The van der Waals surface area contributed by atoms with Crippen LogP contribution < -0.4 is 15.4 Å². The van der Waals surface area contributed by atoms with Gasteiger partial charge < -0.3 is 25.4 Å². The number of amides is 3. The summed E-state index contributed by atoms with van der Waals surface area (Å²) in [6, 6.07) is 22.3. The molecule has 0 spiro atoms. The molecule has 224 valence electrons. The summed E-state index contributed by atoms with van der Waals surface area (Å²) in [6.07, 6.45) is 3.43.